The number of aromatic nitrogens is 2. The number of anilines is 1. The first-order chi connectivity index (χ1) is 14.5. The number of rotatable bonds is 5. The Balaban J connectivity index is 1.48. The molecule has 3 aromatic carbocycles. The number of carbonyl (C=O) groups is 2. The van der Waals surface area contributed by atoms with Gasteiger partial charge in [-0.15, -0.1) is 0 Å². The standard InChI is InChI=1S/C24H21N3O3/c1-15-11-16(2)13-17(12-15)25-22(28)14-30-24(29)19-8-4-3-7-18(19)23-26-20-9-5-6-10-21(20)27-23/h3-13H,14H2,1-2H3,(H,25,28)(H,26,27). The molecule has 6 nitrogen and oxygen atoms in total. The molecule has 0 spiro atoms. The fourth-order valence-corrected chi connectivity index (χ4v) is 3.40. The van der Waals surface area contributed by atoms with Gasteiger partial charge in [0.25, 0.3) is 5.91 Å². The fourth-order valence-electron chi connectivity index (χ4n) is 3.40. The lowest BCUT2D eigenvalue weighted by Crippen LogP contribution is -2.21. The lowest BCUT2D eigenvalue weighted by Gasteiger charge is -2.10. The summed E-state index contributed by atoms with van der Waals surface area (Å²) in [4.78, 5) is 32.7. The maximum atomic E-state index is 12.7. The van der Waals surface area contributed by atoms with Crippen LogP contribution in [0.4, 0.5) is 5.69 Å². The van der Waals surface area contributed by atoms with Crippen LogP contribution in [-0.4, -0.2) is 28.5 Å². The van der Waals surface area contributed by atoms with Crippen LogP contribution in [0.3, 0.4) is 0 Å². The molecule has 150 valence electrons. The predicted molar refractivity (Wildman–Crippen MR) is 116 cm³/mol. The van der Waals surface area contributed by atoms with Gasteiger partial charge in [-0.3, -0.25) is 4.79 Å². The molecule has 30 heavy (non-hydrogen) atoms. The van der Waals surface area contributed by atoms with Gasteiger partial charge in [-0.25, -0.2) is 9.78 Å². The highest BCUT2D eigenvalue weighted by Gasteiger charge is 2.17. The van der Waals surface area contributed by atoms with Gasteiger partial charge in [-0.05, 0) is 55.3 Å². The third-order valence-corrected chi connectivity index (χ3v) is 4.63. The van der Waals surface area contributed by atoms with E-state index in [1.165, 1.54) is 0 Å². The Bertz CT molecular complexity index is 1190. The Hall–Kier alpha value is -3.93. The first-order valence-electron chi connectivity index (χ1n) is 9.59. The van der Waals surface area contributed by atoms with Crippen molar-refractivity contribution in [1.82, 2.24) is 9.97 Å². The van der Waals surface area contributed by atoms with Gasteiger partial charge in [0.2, 0.25) is 0 Å². The molecule has 4 aromatic rings. The molecule has 0 saturated carbocycles. The number of nitrogens with one attached hydrogen (secondary N) is 2. The van der Waals surface area contributed by atoms with Crippen molar-refractivity contribution >= 4 is 28.6 Å². The van der Waals surface area contributed by atoms with Crippen LogP contribution in [0.2, 0.25) is 0 Å². The number of H-pyrrole nitrogens is 1. The van der Waals surface area contributed by atoms with E-state index in [2.05, 4.69) is 15.3 Å². The molecule has 0 fully saturated rings. The van der Waals surface area contributed by atoms with Gasteiger partial charge < -0.3 is 15.0 Å². The lowest BCUT2D eigenvalue weighted by molar-refractivity contribution is -0.119. The summed E-state index contributed by atoms with van der Waals surface area (Å²) in [7, 11) is 0. The summed E-state index contributed by atoms with van der Waals surface area (Å²) in [6.07, 6.45) is 0. The minimum Gasteiger partial charge on any atom is -0.452 e. The number of hydrogen-bond donors (Lipinski definition) is 2. The highest BCUT2D eigenvalue weighted by atomic mass is 16.5. The summed E-state index contributed by atoms with van der Waals surface area (Å²) in [6, 6.07) is 20.4. The molecule has 0 saturated heterocycles. The number of benzene rings is 3. The van der Waals surface area contributed by atoms with E-state index in [9.17, 15) is 9.59 Å². The van der Waals surface area contributed by atoms with Crippen LogP contribution in [0.5, 0.6) is 0 Å². The molecule has 0 atom stereocenters. The van der Waals surface area contributed by atoms with Crippen molar-refractivity contribution in [3.05, 3.63) is 83.4 Å². The van der Waals surface area contributed by atoms with E-state index in [4.69, 9.17) is 4.74 Å². The number of nitrogens with zero attached hydrogens (tertiary/aromatic N) is 1. The molecular weight excluding hydrogens is 378 g/mol. The molecule has 0 radical (unpaired) electrons. The SMILES string of the molecule is Cc1cc(C)cc(NC(=O)COC(=O)c2ccccc2-c2nc3ccccc3[nH]2)c1. The second-order valence-electron chi connectivity index (χ2n) is 7.15. The van der Waals surface area contributed by atoms with E-state index in [-0.39, 0.29) is 6.61 Å². The van der Waals surface area contributed by atoms with Gasteiger partial charge in [0.15, 0.2) is 6.61 Å². The summed E-state index contributed by atoms with van der Waals surface area (Å²) in [5.74, 6) is -0.403. The van der Waals surface area contributed by atoms with Crippen molar-refractivity contribution in [1.29, 1.82) is 0 Å². The van der Waals surface area contributed by atoms with Crippen LogP contribution in [-0.2, 0) is 9.53 Å². The molecule has 1 aromatic heterocycles. The smallest absolute Gasteiger partial charge is 0.339 e. The van der Waals surface area contributed by atoms with Crippen LogP contribution in [0.15, 0.2) is 66.7 Å². The van der Waals surface area contributed by atoms with Crippen molar-refractivity contribution in [3.8, 4) is 11.4 Å². The monoisotopic (exact) mass is 399 g/mol. The first-order valence-corrected chi connectivity index (χ1v) is 9.59. The molecule has 0 aliphatic heterocycles. The second kappa shape index (κ2) is 8.21. The van der Waals surface area contributed by atoms with Crippen LogP contribution in [0, 0.1) is 13.8 Å². The quantitative estimate of drug-likeness (QED) is 0.479. The molecular formula is C24H21N3O3. The third-order valence-electron chi connectivity index (χ3n) is 4.63. The summed E-state index contributed by atoms with van der Waals surface area (Å²) < 4.78 is 5.27. The molecule has 1 amide bonds. The van der Waals surface area contributed by atoms with E-state index < -0.39 is 11.9 Å². The van der Waals surface area contributed by atoms with Gasteiger partial charge in [0, 0.05) is 11.3 Å². The minimum absolute atomic E-state index is 0.343. The lowest BCUT2D eigenvalue weighted by atomic mass is 10.1. The second-order valence-corrected chi connectivity index (χ2v) is 7.15. The Labute approximate surface area is 173 Å². The molecule has 6 heteroatoms. The van der Waals surface area contributed by atoms with Crippen molar-refractivity contribution in [2.24, 2.45) is 0 Å². The van der Waals surface area contributed by atoms with Crippen LogP contribution >= 0.6 is 0 Å². The zero-order valence-electron chi connectivity index (χ0n) is 16.7. The zero-order chi connectivity index (χ0) is 21.1. The molecule has 0 unspecified atom stereocenters. The third kappa shape index (κ3) is 4.22. The Morgan fingerprint density at radius 1 is 0.967 bits per heavy atom. The van der Waals surface area contributed by atoms with Crippen LogP contribution < -0.4 is 5.32 Å². The number of carbonyl (C=O) groups excluding carboxylic acids is 2. The van der Waals surface area contributed by atoms with E-state index in [1.54, 1.807) is 18.2 Å². The summed E-state index contributed by atoms with van der Waals surface area (Å²) in [5, 5.41) is 2.76. The molecule has 0 bridgehead atoms. The van der Waals surface area contributed by atoms with E-state index in [0.717, 1.165) is 22.2 Å². The van der Waals surface area contributed by atoms with Crippen molar-refractivity contribution in [2.75, 3.05) is 11.9 Å². The van der Waals surface area contributed by atoms with Gasteiger partial charge in [-0.2, -0.15) is 0 Å². The number of aromatic amines is 1. The summed E-state index contributed by atoms with van der Waals surface area (Å²) in [5.41, 5.74) is 5.41. The van der Waals surface area contributed by atoms with Crippen molar-refractivity contribution in [2.45, 2.75) is 13.8 Å². The highest BCUT2D eigenvalue weighted by molar-refractivity contribution is 5.99. The van der Waals surface area contributed by atoms with Gasteiger partial charge in [0.1, 0.15) is 5.82 Å². The molecule has 0 aliphatic rings. The normalized spacial score (nSPS) is 10.7. The number of para-hydroxylation sites is 2. The number of esters is 1. The molecule has 2 N–H and O–H groups in total. The van der Waals surface area contributed by atoms with Gasteiger partial charge in [0.05, 0.1) is 16.6 Å². The van der Waals surface area contributed by atoms with Gasteiger partial charge in [-0.1, -0.05) is 36.4 Å². The molecule has 0 aliphatic carbocycles. The van der Waals surface area contributed by atoms with Crippen molar-refractivity contribution < 1.29 is 14.3 Å². The number of amides is 1. The maximum absolute atomic E-state index is 12.7. The minimum atomic E-state index is -0.582. The average molecular weight is 399 g/mol. The first kappa shape index (κ1) is 19.4. The number of aryl methyl sites for hydroxylation is 2. The average Bonchev–Trinajstić information content (AvgIpc) is 3.15. The Morgan fingerprint density at radius 3 is 2.43 bits per heavy atom. The largest absolute Gasteiger partial charge is 0.452 e. The Morgan fingerprint density at radius 2 is 1.67 bits per heavy atom. The Kier molecular flexibility index (Phi) is 5.30. The molecule has 4 rings (SSSR count). The summed E-state index contributed by atoms with van der Waals surface area (Å²) in [6.45, 7) is 3.54. The van der Waals surface area contributed by atoms with E-state index in [0.29, 0.717) is 22.6 Å². The molecule has 1 heterocycles. The topological polar surface area (TPSA) is 84.1 Å². The number of ether oxygens (including phenoxy) is 1. The fraction of sp³-hybridized carbons (Fsp3) is 0.125. The van der Waals surface area contributed by atoms with E-state index >= 15 is 0 Å². The number of fused-ring (bicyclic) bond motifs is 1. The van der Waals surface area contributed by atoms with Crippen LogP contribution in [0.1, 0.15) is 21.5 Å². The number of hydrogen-bond acceptors (Lipinski definition) is 4. The maximum Gasteiger partial charge on any atom is 0.339 e. The predicted octanol–water partition coefficient (Wildman–Crippen LogP) is 4.64. The van der Waals surface area contributed by atoms with Crippen LogP contribution in [0.25, 0.3) is 22.4 Å². The highest BCUT2D eigenvalue weighted by Crippen LogP contribution is 2.24. The number of imidazole rings is 1. The van der Waals surface area contributed by atoms with E-state index in [1.807, 2.05) is 62.4 Å². The van der Waals surface area contributed by atoms with Crippen molar-refractivity contribution in [3.63, 3.8) is 0 Å². The van der Waals surface area contributed by atoms with Gasteiger partial charge >= 0.3 is 5.97 Å². The summed E-state index contributed by atoms with van der Waals surface area (Å²) >= 11 is 0. The zero-order valence-corrected chi connectivity index (χ0v) is 16.7.